The Morgan fingerprint density at radius 3 is 2.96 bits per heavy atom. The Kier molecular flexibility index (Phi) is 4.37. The summed E-state index contributed by atoms with van der Waals surface area (Å²) in [6.07, 6.45) is 6.52. The summed E-state index contributed by atoms with van der Waals surface area (Å²) in [5, 5.41) is 18.3. The Hall–Kier alpha value is -3.42. The van der Waals surface area contributed by atoms with Gasteiger partial charge in [-0.25, -0.2) is 14.6 Å². The minimum absolute atomic E-state index is 0.0287. The average Bonchev–Trinajstić information content (AvgIpc) is 3.03. The maximum Gasteiger partial charge on any atom is 0.166 e. The third-order valence-corrected chi connectivity index (χ3v) is 3.23. The molecule has 8 heteroatoms. The molecular weight excluding hydrogens is 308 g/mol. The van der Waals surface area contributed by atoms with Gasteiger partial charge in [-0.15, -0.1) is 0 Å². The van der Waals surface area contributed by atoms with Gasteiger partial charge in [-0.3, -0.25) is 5.43 Å². The molecule has 0 saturated carbocycles. The van der Waals surface area contributed by atoms with E-state index in [1.54, 1.807) is 35.1 Å². The van der Waals surface area contributed by atoms with Crippen molar-refractivity contribution in [1.82, 2.24) is 19.7 Å². The molecule has 0 bridgehead atoms. The number of benzene rings is 1. The zero-order chi connectivity index (χ0) is 16.9. The van der Waals surface area contributed by atoms with Crippen molar-refractivity contribution in [3.63, 3.8) is 0 Å². The van der Waals surface area contributed by atoms with Crippen LogP contribution in [0.1, 0.15) is 11.1 Å². The summed E-state index contributed by atoms with van der Waals surface area (Å²) in [7, 11) is 1.49. The predicted octanol–water partition coefficient (Wildman–Crippen LogP) is 2.13. The van der Waals surface area contributed by atoms with Crippen molar-refractivity contribution >= 4 is 12.0 Å². The number of hydrogen-bond acceptors (Lipinski definition) is 7. The minimum Gasteiger partial charge on any atom is -0.504 e. The first-order chi connectivity index (χ1) is 11.7. The predicted molar refractivity (Wildman–Crippen MR) is 89.8 cm³/mol. The molecule has 3 aromatic rings. The van der Waals surface area contributed by atoms with Gasteiger partial charge < -0.3 is 9.84 Å². The monoisotopic (exact) mass is 324 g/mol. The summed E-state index contributed by atoms with van der Waals surface area (Å²) < 4.78 is 6.71. The number of nitrogens with one attached hydrogen (secondary N) is 1. The fourth-order valence-corrected chi connectivity index (χ4v) is 2.05. The number of hydrazone groups is 1. The molecule has 0 aliphatic carbocycles. The van der Waals surface area contributed by atoms with Gasteiger partial charge in [-0.05, 0) is 24.6 Å². The SMILES string of the molecule is COc1cccc(/C=N/Nc2cc(-n3cc(C)cn3)ncn2)c1O. The molecule has 0 fully saturated rings. The highest BCUT2D eigenvalue weighted by Crippen LogP contribution is 2.27. The molecule has 2 N–H and O–H groups in total. The second kappa shape index (κ2) is 6.78. The fourth-order valence-electron chi connectivity index (χ4n) is 2.05. The van der Waals surface area contributed by atoms with Gasteiger partial charge in [0.2, 0.25) is 0 Å². The van der Waals surface area contributed by atoms with Crippen molar-refractivity contribution in [3.05, 3.63) is 54.1 Å². The molecule has 0 radical (unpaired) electrons. The summed E-state index contributed by atoms with van der Waals surface area (Å²) in [6.45, 7) is 1.95. The lowest BCUT2D eigenvalue weighted by atomic mass is 10.2. The molecule has 0 aliphatic heterocycles. The lowest BCUT2D eigenvalue weighted by Gasteiger charge is -2.05. The summed E-state index contributed by atoms with van der Waals surface area (Å²) in [6, 6.07) is 6.88. The van der Waals surface area contributed by atoms with Crippen molar-refractivity contribution < 1.29 is 9.84 Å². The second-order valence-electron chi connectivity index (χ2n) is 4.99. The van der Waals surface area contributed by atoms with Gasteiger partial charge in [0.1, 0.15) is 6.33 Å². The smallest absolute Gasteiger partial charge is 0.166 e. The number of aryl methyl sites for hydroxylation is 1. The van der Waals surface area contributed by atoms with E-state index in [0.29, 0.717) is 22.9 Å². The number of nitrogens with zero attached hydrogens (tertiary/aromatic N) is 5. The van der Waals surface area contributed by atoms with E-state index in [1.165, 1.54) is 19.7 Å². The van der Waals surface area contributed by atoms with Gasteiger partial charge >= 0.3 is 0 Å². The Labute approximate surface area is 138 Å². The first-order valence-corrected chi connectivity index (χ1v) is 7.16. The van der Waals surface area contributed by atoms with Gasteiger partial charge in [-0.1, -0.05) is 6.07 Å². The first-order valence-electron chi connectivity index (χ1n) is 7.16. The van der Waals surface area contributed by atoms with Gasteiger partial charge in [0, 0.05) is 17.8 Å². The lowest BCUT2D eigenvalue weighted by Crippen LogP contribution is -2.01. The van der Waals surface area contributed by atoms with E-state index in [2.05, 4.69) is 25.6 Å². The summed E-state index contributed by atoms with van der Waals surface area (Å²) in [4.78, 5) is 8.26. The lowest BCUT2D eigenvalue weighted by molar-refractivity contribution is 0.373. The van der Waals surface area contributed by atoms with Gasteiger partial charge in [0.15, 0.2) is 23.1 Å². The van der Waals surface area contributed by atoms with Gasteiger partial charge in [0.25, 0.3) is 0 Å². The molecule has 0 aliphatic rings. The number of para-hydroxylation sites is 1. The number of ether oxygens (including phenoxy) is 1. The topological polar surface area (TPSA) is 97.5 Å². The van der Waals surface area contributed by atoms with Crippen molar-refractivity contribution in [2.45, 2.75) is 6.92 Å². The van der Waals surface area contributed by atoms with E-state index in [9.17, 15) is 5.11 Å². The summed E-state index contributed by atoms with van der Waals surface area (Å²) >= 11 is 0. The number of methoxy groups -OCH3 is 1. The Morgan fingerprint density at radius 2 is 2.21 bits per heavy atom. The average molecular weight is 324 g/mol. The van der Waals surface area contributed by atoms with Crippen LogP contribution in [0.4, 0.5) is 5.82 Å². The molecule has 122 valence electrons. The van der Waals surface area contributed by atoms with E-state index in [4.69, 9.17) is 4.74 Å². The van der Waals surface area contributed by atoms with Crippen LogP contribution < -0.4 is 10.2 Å². The quantitative estimate of drug-likeness (QED) is 0.551. The molecule has 0 amide bonds. The summed E-state index contributed by atoms with van der Waals surface area (Å²) in [5.74, 6) is 1.55. The third kappa shape index (κ3) is 3.32. The molecule has 1 aromatic carbocycles. The molecule has 0 spiro atoms. The van der Waals surface area contributed by atoms with Gasteiger partial charge in [-0.2, -0.15) is 10.2 Å². The van der Waals surface area contributed by atoms with E-state index in [-0.39, 0.29) is 5.75 Å². The molecule has 0 saturated heterocycles. The highest BCUT2D eigenvalue weighted by molar-refractivity contribution is 5.85. The van der Waals surface area contributed by atoms with Crippen LogP contribution in [0, 0.1) is 6.92 Å². The van der Waals surface area contributed by atoms with Crippen molar-refractivity contribution in [1.29, 1.82) is 0 Å². The molecule has 0 unspecified atom stereocenters. The van der Waals surface area contributed by atoms with Crippen molar-refractivity contribution in [2.75, 3.05) is 12.5 Å². The fraction of sp³-hybridized carbons (Fsp3) is 0.125. The Morgan fingerprint density at radius 1 is 1.33 bits per heavy atom. The standard InChI is InChI=1S/C16H16N6O2/c1-11-7-20-22(9-11)15-6-14(17-10-18-15)21-19-8-12-4-3-5-13(24-2)16(12)23/h3-10,23H,1-2H3,(H,17,18,21)/b19-8+. The number of anilines is 1. The largest absolute Gasteiger partial charge is 0.504 e. The van der Waals surface area contributed by atoms with Crippen LogP contribution in [0.5, 0.6) is 11.5 Å². The Bertz CT molecular complexity index is 875. The summed E-state index contributed by atoms with van der Waals surface area (Å²) in [5.41, 5.74) is 4.36. The molecule has 0 atom stereocenters. The van der Waals surface area contributed by atoms with E-state index >= 15 is 0 Å². The highest BCUT2D eigenvalue weighted by Gasteiger charge is 2.05. The second-order valence-corrected chi connectivity index (χ2v) is 4.99. The number of rotatable bonds is 5. The molecule has 2 aromatic heterocycles. The molecule has 24 heavy (non-hydrogen) atoms. The molecule has 2 heterocycles. The maximum absolute atomic E-state index is 10.00. The minimum atomic E-state index is 0.0287. The maximum atomic E-state index is 10.00. The molecule has 8 nitrogen and oxygen atoms in total. The number of phenols is 1. The van der Waals surface area contributed by atoms with Crippen LogP contribution in [0.15, 0.2) is 48.1 Å². The number of hydrogen-bond donors (Lipinski definition) is 2. The Balaban J connectivity index is 1.75. The van der Waals surface area contributed by atoms with Gasteiger partial charge in [0.05, 0.1) is 19.5 Å². The van der Waals surface area contributed by atoms with E-state index in [0.717, 1.165) is 5.56 Å². The highest BCUT2D eigenvalue weighted by atomic mass is 16.5. The number of aromatic hydroxyl groups is 1. The van der Waals surface area contributed by atoms with Crippen LogP contribution in [0.25, 0.3) is 5.82 Å². The zero-order valence-corrected chi connectivity index (χ0v) is 13.2. The normalized spacial score (nSPS) is 10.9. The van der Waals surface area contributed by atoms with Crippen LogP contribution in [0.3, 0.4) is 0 Å². The van der Waals surface area contributed by atoms with Crippen LogP contribution in [-0.2, 0) is 0 Å². The van der Waals surface area contributed by atoms with Crippen LogP contribution in [-0.4, -0.2) is 38.2 Å². The number of aromatic nitrogens is 4. The molecule has 3 rings (SSSR count). The van der Waals surface area contributed by atoms with Crippen molar-refractivity contribution in [3.8, 4) is 17.3 Å². The van der Waals surface area contributed by atoms with E-state index < -0.39 is 0 Å². The number of phenolic OH excluding ortho intramolecular Hbond substituents is 1. The first kappa shape index (κ1) is 15.5. The van der Waals surface area contributed by atoms with Crippen LogP contribution >= 0.6 is 0 Å². The zero-order valence-electron chi connectivity index (χ0n) is 13.2. The van der Waals surface area contributed by atoms with Crippen LogP contribution in [0.2, 0.25) is 0 Å². The molecular formula is C16H16N6O2. The van der Waals surface area contributed by atoms with Crippen molar-refractivity contribution in [2.24, 2.45) is 5.10 Å². The van der Waals surface area contributed by atoms with E-state index in [1.807, 2.05) is 13.1 Å². The third-order valence-electron chi connectivity index (χ3n) is 3.23.